The van der Waals surface area contributed by atoms with E-state index in [1.165, 1.54) is 4.68 Å². The molecule has 7 nitrogen and oxygen atoms in total. The van der Waals surface area contributed by atoms with Gasteiger partial charge in [0.1, 0.15) is 11.3 Å². The van der Waals surface area contributed by atoms with Gasteiger partial charge in [-0.2, -0.15) is 5.10 Å². The molecule has 2 aromatic carbocycles. The van der Waals surface area contributed by atoms with Gasteiger partial charge in [0.15, 0.2) is 0 Å². The minimum atomic E-state index is -0.261. The highest BCUT2D eigenvalue weighted by atomic mass is 16.2. The predicted octanol–water partition coefficient (Wildman–Crippen LogP) is 3.34. The number of imidazole rings is 1. The zero-order valence-corrected chi connectivity index (χ0v) is 15.9. The third kappa shape index (κ3) is 2.67. The molecule has 0 aliphatic rings. The summed E-state index contributed by atoms with van der Waals surface area (Å²) in [5.74, 6) is 0.432. The summed E-state index contributed by atoms with van der Waals surface area (Å²) in [6.07, 6.45) is 1.57. The molecule has 0 saturated heterocycles. The SMILES string of the molecule is Cc1cc(C)n(C(=O)c2ccc3c(c2)[nH]c(=O)c2cnc(-c4ccccc4)n23)n1. The average Bonchev–Trinajstić information content (AvgIpc) is 3.31. The van der Waals surface area contributed by atoms with Gasteiger partial charge in [0, 0.05) is 16.8 Å². The molecule has 5 aromatic rings. The number of nitrogens with one attached hydrogen (secondary N) is 1. The number of fused-ring (bicyclic) bond motifs is 3. The summed E-state index contributed by atoms with van der Waals surface area (Å²) < 4.78 is 3.20. The Morgan fingerprint density at radius 3 is 2.52 bits per heavy atom. The van der Waals surface area contributed by atoms with Crippen LogP contribution in [0.1, 0.15) is 21.7 Å². The van der Waals surface area contributed by atoms with Crippen LogP contribution in [-0.2, 0) is 0 Å². The second kappa shape index (κ2) is 6.27. The molecule has 0 bridgehead atoms. The van der Waals surface area contributed by atoms with E-state index < -0.39 is 0 Å². The molecule has 0 fully saturated rings. The fourth-order valence-corrected chi connectivity index (χ4v) is 3.65. The van der Waals surface area contributed by atoms with Crippen LogP contribution in [0.5, 0.6) is 0 Å². The molecule has 3 heterocycles. The number of aryl methyl sites for hydroxylation is 2. The van der Waals surface area contributed by atoms with Crippen LogP contribution in [0.25, 0.3) is 27.9 Å². The number of H-pyrrole nitrogens is 1. The maximum absolute atomic E-state index is 12.9. The summed E-state index contributed by atoms with van der Waals surface area (Å²) in [5.41, 5.74) is 4.40. The molecule has 5 rings (SSSR count). The van der Waals surface area contributed by atoms with Gasteiger partial charge in [0.2, 0.25) is 0 Å². The first kappa shape index (κ1) is 17.1. The van der Waals surface area contributed by atoms with Crippen LogP contribution in [0.3, 0.4) is 0 Å². The first-order chi connectivity index (χ1) is 14.0. The molecule has 0 radical (unpaired) electrons. The number of nitrogens with zero attached hydrogens (tertiary/aromatic N) is 4. The number of carbonyl (C=O) groups excluding carboxylic acids is 1. The first-order valence-electron chi connectivity index (χ1n) is 9.20. The predicted molar refractivity (Wildman–Crippen MR) is 110 cm³/mol. The quantitative estimate of drug-likeness (QED) is 0.507. The second-order valence-corrected chi connectivity index (χ2v) is 7.00. The normalized spacial score (nSPS) is 11.4. The number of hydrogen-bond acceptors (Lipinski definition) is 4. The van der Waals surface area contributed by atoms with Crippen molar-refractivity contribution in [1.82, 2.24) is 24.1 Å². The minimum Gasteiger partial charge on any atom is -0.319 e. The van der Waals surface area contributed by atoms with E-state index in [-0.39, 0.29) is 11.5 Å². The topological polar surface area (TPSA) is 85.0 Å². The molecular formula is C22H17N5O2. The molecule has 0 atom stereocenters. The zero-order valence-electron chi connectivity index (χ0n) is 15.9. The van der Waals surface area contributed by atoms with E-state index in [0.717, 1.165) is 22.5 Å². The van der Waals surface area contributed by atoms with Gasteiger partial charge in [-0.05, 0) is 38.1 Å². The highest BCUT2D eigenvalue weighted by Gasteiger charge is 2.16. The Hall–Kier alpha value is -4.00. The van der Waals surface area contributed by atoms with E-state index in [0.29, 0.717) is 22.4 Å². The van der Waals surface area contributed by atoms with Crippen LogP contribution in [0.2, 0.25) is 0 Å². The standard InChI is InChI=1S/C22H17N5O2/c1-13-10-14(2)27(25-13)22(29)16-8-9-18-17(11-16)24-21(28)19-12-23-20(26(18)19)15-6-4-3-5-7-15/h3-12H,1-2H3,(H,24,28). The lowest BCUT2D eigenvalue weighted by molar-refractivity contribution is 0.0942. The Bertz CT molecular complexity index is 1460. The fourth-order valence-electron chi connectivity index (χ4n) is 3.65. The lowest BCUT2D eigenvalue weighted by Gasteiger charge is -2.08. The van der Waals surface area contributed by atoms with Crippen molar-refractivity contribution in [3.8, 4) is 11.4 Å². The third-order valence-corrected chi connectivity index (χ3v) is 4.96. The summed E-state index contributed by atoms with van der Waals surface area (Å²) in [6, 6.07) is 16.8. The van der Waals surface area contributed by atoms with Gasteiger partial charge in [-0.3, -0.25) is 14.0 Å². The largest absolute Gasteiger partial charge is 0.319 e. The van der Waals surface area contributed by atoms with Crippen molar-refractivity contribution in [1.29, 1.82) is 0 Å². The molecule has 0 aliphatic carbocycles. The molecule has 0 amide bonds. The highest BCUT2D eigenvalue weighted by Crippen LogP contribution is 2.23. The molecular weight excluding hydrogens is 366 g/mol. The third-order valence-electron chi connectivity index (χ3n) is 4.96. The summed E-state index contributed by atoms with van der Waals surface area (Å²) >= 11 is 0. The van der Waals surface area contributed by atoms with Crippen molar-refractivity contribution in [3.05, 3.63) is 88.1 Å². The molecule has 7 heteroatoms. The Morgan fingerprint density at radius 1 is 1.00 bits per heavy atom. The molecule has 0 spiro atoms. The van der Waals surface area contributed by atoms with Gasteiger partial charge in [-0.1, -0.05) is 30.3 Å². The van der Waals surface area contributed by atoms with Crippen molar-refractivity contribution < 1.29 is 4.79 Å². The molecule has 29 heavy (non-hydrogen) atoms. The lowest BCUT2D eigenvalue weighted by atomic mass is 10.1. The fraction of sp³-hybridized carbons (Fsp3) is 0.0909. The Labute approximate surface area is 165 Å². The van der Waals surface area contributed by atoms with E-state index >= 15 is 0 Å². The summed E-state index contributed by atoms with van der Waals surface area (Å²) in [7, 11) is 0. The molecule has 0 unspecified atom stereocenters. The zero-order chi connectivity index (χ0) is 20.1. The maximum Gasteiger partial charge on any atom is 0.278 e. The van der Waals surface area contributed by atoms with E-state index in [4.69, 9.17) is 0 Å². The number of rotatable bonds is 2. The van der Waals surface area contributed by atoms with Crippen molar-refractivity contribution in [3.63, 3.8) is 0 Å². The summed E-state index contributed by atoms with van der Waals surface area (Å²) in [6.45, 7) is 3.68. The summed E-state index contributed by atoms with van der Waals surface area (Å²) in [5, 5.41) is 4.26. The first-order valence-corrected chi connectivity index (χ1v) is 9.20. The maximum atomic E-state index is 12.9. The Morgan fingerprint density at radius 2 is 1.79 bits per heavy atom. The van der Waals surface area contributed by atoms with E-state index in [1.54, 1.807) is 18.3 Å². The Balaban J connectivity index is 1.73. The van der Waals surface area contributed by atoms with Crippen molar-refractivity contribution in [2.24, 2.45) is 0 Å². The number of benzene rings is 2. The number of aromatic nitrogens is 5. The van der Waals surface area contributed by atoms with Gasteiger partial charge < -0.3 is 4.98 Å². The number of aromatic amines is 1. The van der Waals surface area contributed by atoms with Gasteiger partial charge in [0.25, 0.3) is 11.5 Å². The van der Waals surface area contributed by atoms with Crippen LogP contribution in [0, 0.1) is 13.8 Å². The smallest absolute Gasteiger partial charge is 0.278 e. The van der Waals surface area contributed by atoms with E-state index in [9.17, 15) is 9.59 Å². The minimum absolute atomic E-state index is 0.243. The van der Waals surface area contributed by atoms with E-state index in [2.05, 4.69) is 15.1 Å². The van der Waals surface area contributed by atoms with Crippen LogP contribution >= 0.6 is 0 Å². The van der Waals surface area contributed by atoms with Gasteiger partial charge >= 0.3 is 0 Å². The number of carbonyl (C=O) groups is 1. The van der Waals surface area contributed by atoms with Crippen molar-refractivity contribution in [2.45, 2.75) is 13.8 Å². The molecule has 1 N–H and O–H groups in total. The van der Waals surface area contributed by atoms with Gasteiger partial charge in [-0.25, -0.2) is 9.67 Å². The van der Waals surface area contributed by atoms with Crippen LogP contribution in [0.4, 0.5) is 0 Å². The van der Waals surface area contributed by atoms with Crippen LogP contribution in [-0.4, -0.2) is 30.1 Å². The monoisotopic (exact) mass is 383 g/mol. The molecule has 3 aromatic heterocycles. The number of hydrogen-bond donors (Lipinski definition) is 1. The lowest BCUT2D eigenvalue weighted by Crippen LogP contribution is -2.16. The van der Waals surface area contributed by atoms with Crippen LogP contribution in [0.15, 0.2) is 65.6 Å². The van der Waals surface area contributed by atoms with Crippen molar-refractivity contribution >= 4 is 22.5 Å². The molecule has 142 valence electrons. The van der Waals surface area contributed by atoms with Gasteiger partial charge in [-0.15, -0.1) is 0 Å². The second-order valence-electron chi connectivity index (χ2n) is 7.00. The summed E-state index contributed by atoms with van der Waals surface area (Å²) in [4.78, 5) is 32.9. The van der Waals surface area contributed by atoms with Gasteiger partial charge in [0.05, 0.1) is 22.9 Å². The molecule has 0 saturated carbocycles. The highest BCUT2D eigenvalue weighted by molar-refractivity contribution is 5.99. The van der Waals surface area contributed by atoms with Crippen LogP contribution < -0.4 is 5.56 Å². The van der Waals surface area contributed by atoms with E-state index in [1.807, 2.05) is 60.7 Å². The van der Waals surface area contributed by atoms with Crippen molar-refractivity contribution in [2.75, 3.05) is 0 Å². The Kier molecular flexibility index (Phi) is 3.70. The average molecular weight is 383 g/mol. The molecule has 0 aliphatic heterocycles.